The Morgan fingerprint density at radius 2 is 0.794 bits per heavy atom. The summed E-state index contributed by atoms with van der Waals surface area (Å²) in [5.74, 6) is 1.79. The lowest BCUT2D eigenvalue weighted by atomic mass is 9.88. The topological polar surface area (TPSA) is 56.7 Å². The van der Waals surface area contributed by atoms with Crippen LogP contribution in [-0.4, -0.2) is 19.5 Å². The molecule has 0 aliphatic heterocycles. The second kappa shape index (κ2) is 16.4. The zero-order chi connectivity index (χ0) is 45.0. The fourth-order valence-electron chi connectivity index (χ4n) is 9.97. The molecule has 0 fully saturated rings. The van der Waals surface area contributed by atoms with E-state index in [0.717, 1.165) is 99.5 Å². The lowest BCUT2D eigenvalue weighted by molar-refractivity contribution is 0.669. The van der Waals surface area contributed by atoms with Crippen molar-refractivity contribution >= 4 is 43.7 Å². The highest BCUT2D eigenvalue weighted by molar-refractivity contribution is 6.29. The molecule has 0 aliphatic rings. The van der Waals surface area contributed by atoms with Crippen LogP contribution < -0.4 is 0 Å². The van der Waals surface area contributed by atoms with Gasteiger partial charge >= 0.3 is 0 Å². The van der Waals surface area contributed by atoms with Crippen molar-refractivity contribution in [3.05, 3.63) is 243 Å². The van der Waals surface area contributed by atoms with Crippen molar-refractivity contribution in [3.8, 4) is 84.4 Å². The third-order valence-corrected chi connectivity index (χ3v) is 13.1. The standard InChI is InChI=1S/C63H40N4O/c1-6-19-41(20-7-1)48-35-33-45(39-52(48)42-21-8-2-9-22-42)46-34-36-49(53(40-46)63-65-61(43-23-10-3-11-24-43)64-62(66-63)44-25-12-4-13-26-44)50-30-18-32-56-59(50)60-57(68-56)38-37-55-58(60)51-29-16-17-31-54(51)67(55)47-27-14-5-15-28-47/h1-40H. The Labute approximate surface area is 392 Å². The van der Waals surface area contributed by atoms with E-state index in [9.17, 15) is 0 Å². The number of furan rings is 1. The van der Waals surface area contributed by atoms with Gasteiger partial charge in [-0.2, -0.15) is 0 Å². The van der Waals surface area contributed by atoms with Gasteiger partial charge in [0.2, 0.25) is 0 Å². The molecule has 0 aliphatic carbocycles. The molecule has 5 nitrogen and oxygen atoms in total. The quantitative estimate of drug-likeness (QED) is 0.153. The molecule has 0 amide bonds. The second-order valence-corrected chi connectivity index (χ2v) is 17.1. The van der Waals surface area contributed by atoms with Gasteiger partial charge in [0.1, 0.15) is 11.2 Å². The minimum atomic E-state index is 0.578. The summed E-state index contributed by atoms with van der Waals surface area (Å²) in [6.45, 7) is 0. The molecule has 0 spiro atoms. The van der Waals surface area contributed by atoms with Gasteiger partial charge in [0.05, 0.1) is 11.0 Å². The summed E-state index contributed by atoms with van der Waals surface area (Å²) >= 11 is 0. The van der Waals surface area contributed by atoms with Gasteiger partial charge in [0.25, 0.3) is 0 Å². The zero-order valence-corrected chi connectivity index (χ0v) is 36.8. The molecule has 68 heavy (non-hydrogen) atoms. The Morgan fingerprint density at radius 1 is 0.279 bits per heavy atom. The molecule has 318 valence electrons. The average molecular weight is 869 g/mol. The molecule has 13 aromatic rings. The molecule has 0 unspecified atom stereocenters. The van der Waals surface area contributed by atoms with Gasteiger partial charge in [-0.3, -0.25) is 0 Å². The van der Waals surface area contributed by atoms with Crippen LogP contribution in [0.3, 0.4) is 0 Å². The van der Waals surface area contributed by atoms with Gasteiger partial charge in [-0.1, -0.05) is 194 Å². The van der Waals surface area contributed by atoms with Crippen molar-refractivity contribution < 1.29 is 4.42 Å². The maximum atomic E-state index is 6.83. The maximum absolute atomic E-state index is 6.83. The van der Waals surface area contributed by atoms with Crippen LogP contribution >= 0.6 is 0 Å². The summed E-state index contributed by atoms with van der Waals surface area (Å²) in [6.07, 6.45) is 0. The summed E-state index contributed by atoms with van der Waals surface area (Å²) in [5, 5.41) is 4.42. The number of hydrogen-bond donors (Lipinski definition) is 0. The molecule has 0 saturated carbocycles. The van der Waals surface area contributed by atoms with Crippen LogP contribution in [0.4, 0.5) is 0 Å². The normalized spacial score (nSPS) is 11.5. The highest BCUT2D eigenvalue weighted by Gasteiger charge is 2.24. The third kappa shape index (κ3) is 6.68. The summed E-state index contributed by atoms with van der Waals surface area (Å²) in [7, 11) is 0. The minimum Gasteiger partial charge on any atom is -0.456 e. The van der Waals surface area contributed by atoms with E-state index in [2.05, 4.69) is 211 Å². The molecular weight excluding hydrogens is 829 g/mol. The first-order chi connectivity index (χ1) is 33.7. The van der Waals surface area contributed by atoms with Crippen molar-refractivity contribution in [3.63, 3.8) is 0 Å². The van der Waals surface area contributed by atoms with E-state index >= 15 is 0 Å². The first-order valence-corrected chi connectivity index (χ1v) is 22.9. The van der Waals surface area contributed by atoms with Crippen LogP contribution in [0.15, 0.2) is 247 Å². The fourth-order valence-corrected chi connectivity index (χ4v) is 9.97. The van der Waals surface area contributed by atoms with E-state index in [-0.39, 0.29) is 0 Å². The number of hydrogen-bond acceptors (Lipinski definition) is 4. The Kier molecular flexibility index (Phi) is 9.43. The Morgan fingerprint density at radius 3 is 1.44 bits per heavy atom. The van der Waals surface area contributed by atoms with Crippen LogP contribution in [0.25, 0.3) is 128 Å². The van der Waals surface area contributed by atoms with E-state index in [4.69, 9.17) is 19.4 Å². The monoisotopic (exact) mass is 868 g/mol. The van der Waals surface area contributed by atoms with Crippen LogP contribution in [0.2, 0.25) is 0 Å². The predicted molar refractivity (Wildman–Crippen MR) is 279 cm³/mol. The number of benzene rings is 10. The van der Waals surface area contributed by atoms with Crippen molar-refractivity contribution in [1.82, 2.24) is 19.5 Å². The molecule has 0 radical (unpaired) electrons. The van der Waals surface area contributed by atoms with Crippen LogP contribution in [0.1, 0.15) is 0 Å². The highest BCUT2D eigenvalue weighted by atomic mass is 16.3. The van der Waals surface area contributed by atoms with E-state index in [0.29, 0.717) is 17.5 Å². The first kappa shape index (κ1) is 39.2. The molecule has 3 aromatic heterocycles. The maximum Gasteiger partial charge on any atom is 0.164 e. The van der Waals surface area contributed by atoms with Gasteiger partial charge in [-0.05, 0) is 93.0 Å². The molecule has 0 N–H and O–H groups in total. The largest absolute Gasteiger partial charge is 0.456 e. The highest BCUT2D eigenvalue weighted by Crippen LogP contribution is 2.47. The Bertz CT molecular complexity index is 3940. The third-order valence-electron chi connectivity index (χ3n) is 13.1. The molecule has 10 aromatic carbocycles. The summed E-state index contributed by atoms with van der Waals surface area (Å²) < 4.78 is 9.19. The lowest BCUT2D eigenvalue weighted by Crippen LogP contribution is -2.01. The Hall–Kier alpha value is -9.19. The number of para-hydroxylation sites is 2. The number of fused-ring (bicyclic) bond motifs is 7. The first-order valence-electron chi connectivity index (χ1n) is 22.9. The van der Waals surface area contributed by atoms with Gasteiger partial charge in [0, 0.05) is 43.9 Å². The van der Waals surface area contributed by atoms with E-state index in [1.807, 2.05) is 36.4 Å². The van der Waals surface area contributed by atoms with Gasteiger partial charge in [0.15, 0.2) is 17.5 Å². The zero-order valence-electron chi connectivity index (χ0n) is 36.8. The van der Waals surface area contributed by atoms with E-state index < -0.39 is 0 Å². The van der Waals surface area contributed by atoms with Crippen molar-refractivity contribution in [2.45, 2.75) is 0 Å². The van der Waals surface area contributed by atoms with Crippen LogP contribution in [0.5, 0.6) is 0 Å². The van der Waals surface area contributed by atoms with Crippen LogP contribution in [-0.2, 0) is 0 Å². The van der Waals surface area contributed by atoms with Crippen molar-refractivity contribution in [2.24, 2.45) is 0 Å². The van der Waals surface area contributed by atoms with Crippen molar-refractivity contribution in [2.75, 3.05) is 0 Å². The van der Waals surface area contributed by atoms with Gasteiger partial charge in [-0.15, -0.1) is 0 Å². The van der Waals surface area contributed by atoms with Crippen LogP contribution in [0, 0.1) is 0 Å². The van der Waals surface area contributed by atoms with E-state index in [1.165, 1.54) is 11.1 Å². The predicted octanol–water partition coefficient (Wildman–Crippen LogP) is 16.5. The average Bonchev–Trinajstić information content (AvgIpc) is 3.98. The molecule has 0 bridgehead atoms. The van der Waals surface area contributed by atoms with Gasteiger partial charge < -0.3 is 8.98 Å². The fraction of sp³-hybridized carbons (Fsp3) is 0. The van der Waals surface area contributed by atoms with Gasteiger partial charge in [-0.25, -0.2) is 15.0 Å². The van der Waals surface area contributed by atoms with Crippen molar-refractivity contribution in [1.29, 1.82) is 0 Å². The summed E-state index contributed by atoms with van der Waals surface area (Å²) in [4.78, 5) is 15.8. The summed E-state index contributed by atoms with van der Waals surface area (Å²) in [5.41, 5.74) is 16.5. The Balaban J connectivity index is 1.10. The number of aromatic nitrogens is 4. The SMILES string of the molecule is c1ccc(-c2nc(-c3ccccc3)nc(-c3cc(-c4ccc(-c5ccccc5)c(-c5ccccc5)c4)ccc3-c3cccc4oc5ccc6c(c7ccccc7n6-c6ccccc6)c5c34)n2)cc1. The lowest BCUT2D eigenvalue weighted by Gasteiger charge is -2.16. The minimum absolute atomic E-state index is 0.578. The molecule has 5 heteroatoms. The van der Waals surface area contributed by atoms with E-state index in [1.54, 1.807) is 0 Å². The number of rotatable bonds is 8. The molecule has 3 heterocycles. The smallest absolute Gasteiger partial charge is 0.164 e. The molecule has 0 atom stereocenters. The molecule has 0 saturated heterocycles. The summed E-state index contributed by atoms with van der Waals surface area (Å²) in [6, 6.07) is 85.1. The second-order valence-electron chi connectivity index (χ2n) is 17.1. The molecular formula is C63H40N4O. The molecule has 13 rings (SSSR count). The number of nitrogens with zero attached hydrogens (tertiary/aromatic N) is 4.